The van der Waals surface area contributed by atoms with Gasteiger partial charge in [0.2, 0.25) is 0 Å². The highest BCUT2D eigenvalue weighted by atomic mass is 16.6. The first-order valence-corrected chi connectivity index (χ1v) is 6.45. The van der Waals surface area contributed by atoms with Gasteiger partial charge in [0.15, 0.2) is 11.5 Å². The molecule has 0 N–H and O–H groups in total. The van der Waals surface area contributed by atoms with Crippen LogP contribution >= 0.6 is 0 Å². The summed E-state index contributed by atoms with van der Waals surface area (Å²) in [5.41, 5.74) is 0.737. The summed E-state index contributed by atoms with van der Waals surface area (Å²) in [6.45, 7) is 4.92. The van der Waals surface area contributed by atoms with Crippen LogP contribution < -0.4 is 9.47 Å². The fourth-order valence-electron chi connectivity index (χ4n) is 2.15. The van der Waals surface area contributed by atoms with Gasteiger partial charge in [-0.15, -0.1) is 0 Å². The largest absolute Gasteiger partial charge is 0.492 e. The second kappa shape index (κ2) is 5.87. The Kier molecular flexibility index (Phi) is 4.16. The number of carbonyl (C=O) groups is 2. The number of carbonyl (C=O) groups excluding carboxylic acids is 2. The molecule has 21 heavy (non-hydrogen) atoms. The number of hydrogen-bond acceptors (Lipinski definition) is 6. The molecular formula is C15H16O6. The SMILES string of the molecule is CCOC(=O)c1c(C)oc2ccc(OC(C)=O)c(OC)c12. The first-order chi connectivity index (χ1) is 9.99. The quantitative estimate of drug-likeness (QED) is 0.637. The Labute approximate surface area is 121 Å². The van der Waals surface area contributed by atoms with Gasteiger partial charge in [0.1, 0.15) is 16.9 Å². The third-order valence-corrected chi connectivity index (χ3v) is 2.89. The van der Waals surface area contributed by atoms with Crippen LogP contribution in [0.15, 0.2) is 16.5 Å². The molecular weight excluding hydrogens is 276 g/mol. The van der Waals surface area contributed by atoms with E-state index in [9.17, 15) is 9.59 Å². The van der Waals surface area contributed by atoms with Crippen molar-refractivity contribution < 1.29 is 28.2 Å². The lowest BCUT2D eigenvalue weighted by Crippen LogP contribution is -2.07. The molecule has 0 bridgehead atoms. The summed E-state index contributed by atoms with van der Waals surface area (Å²) in [6.07, 6.45) is 0. The topological polar surface area (TPSA) is 75.0 Å². The van der Waals surface area contributed by atoms with Gasteiger partial charge in [-0.25, -0.2) is 4.79 Å². The first-order valence-electron chi connectivity index (χ1n) is 6.45. The molecule has 1 heterocycles. The number of benzene rings is 1. The van der Waals surface area contributed by atoms with Crippen molar-refractivity contribution in [1.82, 2.24) is 0 Å². The molecule has 0 aliphatic carbocycles. The maximum atomic E-state index is 12.1. The maximum absolute atomic E-state index is 12.1. The molecule has 6 nitrogen and oxygen atoms in total. The van der Waals surface area contributed by atoms with E-state index in [1.807, 2.05) is 0 Å². The van der Waals surface area contributed by atoms with Crippen molar-refractivity contribution in [1.29, 1.82) is 0 Å². The standard InChI is InChI=1S/C15H16O6/c1-5-19-15(17)12-8(2)20-10-6-7-11(21-9(3)16)14(18-4)13(10)12/h6-7H,5H2,1-4H3. The van der Waals surface area contributed by atoms with Crippen LogP contribution in [0.5, 0.6) is 11.5 Å². The number of aryl methyl sites for hydroxylation is 1. The lowest BCUT2D eigenvalue weighted by molar-refractivity contribution is -0.132. The van der Waals surface area contributed by atoms with Crippen molar-refractivity contribution >= 4 is 22.9 Å². The van der Waals surface area contributed by atoms with Gasteiger partial charge in [0, 0.05) is 6.92 Å². The number of rotatable bonds is 4. The number of esters is 2. The highest BCUT2D eigenvalue weighted by molar-refractivity contribution is 6.08. The Morgan fingerprint density at radius 1 is 1.29 bits per heavy atom. The summed E-state index contributed by atoms with van der Waals surface area (Å²) in [7, 11) is 1.43. The number of methoxy groups -OCH3 is 1. The first kappa shape index (κ1) is 14.9. The Morgan fingerprint density at radius 2 is 2.00 bits per heavy atom. The van der Waals surface area contributed by atoms with Crippen molar-refractivity contribution in [3.8, 4) is 11.5 Å². The smallest absolute Gasteiger partial charge is 0.342 e. The number of hydrogen-bond donors (Lipinski definition) is 0. The summed E-state index contributed by atoms with van der Waals surface area (Å²) in [5, 5.41) is 0.437. The average molecular weight is 292 g/mol. The lowest BCUT2D eigenvalue weighted by Gasteiger charge is -2.09. The van der Waals surface area contributed by atoms with E-state index >= 15 is 0 Å². The van der Waals surface area contributed by atoms with Crippen LogP contribution in [-0.2, 0) is 9.53 Å². The molecule has 2 rings (SSSR count). The van der Waals surface area contributed by atoms with Gasteiger partial charge in [-0.1, -0.05) is 0 Å². The normalized spacial score (nSPS) is 10.5. The predicted molar refractivity (Wildman–Crippen MR) is 74.8 cm³/mol. The van der Waals surface area contributed by atoms with Gasteiger partial charge in [-0.3, -0.25) is 4.79 Å². The summed E-state index contributed by atoms with van der Waals surface area (Å²) in [5.74, 6) is -0.0780. The zero-order valence-corrected chi connectivity index (χ0v) is 12.3. The van der Waals surface area contributed by atoms with E-state index in [0.717, 1.165) is 0 Å². The third kappa shape index (κ3) is 2.69. The fraction of sp³-hybridized carbons (Fsp3) is 0.333. The molecule has 1 aromatic heterocycles. The second-order valence-electron chi connectivity index (χ2n) is 4.32. The molecule has 0 unspecified atom stereocenters. The van der Waals surface area contributed by atoms with Gasteiger partial charge >= 0.3 is 11.9 Å². The second-order valence-corrected chi connectivity index (χ2v) is 4.32. The van der Waals surface area contributed by atoms with Crippen molar-refractivity contribution in [3.63, 3.8) is 0 Å². The number of furan rings is 1. The van der Waals surface area contributed by atoms with Gasteiger partial charge in [0.25, 0.3) is 0 Å². The highest BCUT2D eigenvalue weighted by Gasteiger charge is 2.25. The minimum Gasteiger partial charge on any atom is -0.492 e. The van der Waals surface area contributed by atoms with Crippen molar-refractivity contribution in [2.24, 2.45) is 0 Å². The van der Waals surface area contributed by atoms with E-state index < -0.39 is 11.9 Å². The lowest BCUT2D eigenvalue weighted by atomic mass is 10.1. The molecule has 2 aromatic rings. The molecule has 0 aliphatic rings. The molecule has 1 aromatic carbocycles. The molecule has 0 saturated carbocycles. The summed E-state index contributed by atoms with van der Waals surface area (Å²) in [6, 6.07) is 3.17. The highest BCUT2D eigenvalue weighted by Crippen LogP contribution is 2.40. The maximum Gasteiger partial charge on any atom is 0.342 e. The van der Waals surface area contributed by atoms with Crippen LogP contribution in [0.25, 0.3) is 11.0 Å². The number of ether oxygens (including phenoxy) is 3. The molecule has 112 valence electrons. The molecule has 0 aliphatic heterocycles. The van der Waals surface area contributed by atoms with E-state index in [4.69, 9.17) is 18.6 Å². The molecule has 0 atom stereocenters. The Bertz CT molecular complexity index is 698. The molecule has 6 heteroatoms. The van der Waals surface area contributed by atoms with Crippen LogP contribution in [0, 0.1) is 6.92 Å². The van der Waals surface area contributed by atoms with E-state index in [1.165, 1.54) is 14.0 Å². The minimum atomic E-state index is -0.507. The fourth-order valence-corrected chi connectivity index (χ4v) is 2.15. The van der Waals surface area contributed by atoms with E-state index in [-0.39, 0.29) is 23.7 Å². The monoisotopic (exact) mass is 292 g/mol. The molecule has 0 amide bonds. The van der Waals surface area contributed by atoms with Gasteiger partial charge < -0.3 is 18.6 Å². The third-order valence-electron chi connectivity index (χ3n) is 2.89. The average Bonchev–Trinajstić information content (AvgIpc) is 2.74. The van der Waals surface area contributed by atoms with Crippen LogP contribution in [0.4, 0.5) is 0 Å². The minimum absolute atomic E-state index is 0.226. The Hall–Kier alpha value is -2.50. The van der Waals surface area contributed by atoms with Crippen LogP contribution in [0.3, 0.4) is 0 Å². The van der Waals surface area contributed by atoms with Crippen molar-refractivity contribution in [2.45, 2.75) is 20.8 Å². The molecule has 0 fully saturated rings. The summed E-state index contributed by atoms with van der Waals surface area (Å²) < 4.78 is 21.0. The van der Waals surface area contributed by atoms with Crippen molar-refractivity contribution in [3.05, 3.63) is 23.5 Å². The predicted octanol–water partition coefficient (Wildman–Crippen LogP) is 2.85. The molecule has 0 saturated heterocycles. The van der Waals surface area contributed by atoms with E-state index in [1.54, 1.807) is 26.0 Å². The van der Waals surface area contributed by atoms with Gasteiger partial charge in [-0.2, -0.15) is 0 Å². The van der Waals surface area contributed by atoms with E-state index in [0.29, 0.717) is 16.7 Å². The van der Waals surface area contributed by atoms with Gasteiger partial charge in [0.05, 0.1) is 19.1 Å². The Balaban J connectivity index is 2.71. The summed E-state index contributed by atoms with van der Waals surface area (Å²) in [4.78, 5) is 23.2. The zero-order chi connectivity index (χ0) is 15.6. The van der Waals surface area contributed by atoms with Crippen LogP contribution in [0.2, 0.25) is 0 Å². The summed E-state index contributed by atoms with van der Waals surface area (Å²) >= 11 is 0. The van der Waals surface area contributed by atoms with Crippen molar-refractivity contribution in [2.75, 3.05) is 13.7 Å². The number of fused-ring (bicyclic) bond motifs is 1. The van der Waals surface area contributed by atoms with E-state index in [2.05, 4.69) is 0 Å². The van der Waals surface area contributed by atoms with Crippen LogP contribution in [0.1, 0.15) is 30.0 Å². The van der Waals surface area contributed by atoms with Crippen LogP contribution in [-0.4, -0.2) is 25.7 Å². The van der Waals surface area contributed by atoms with Gasteiger partial charge in [-0.05, 0) is 26.0 Å². The molecule has 0 spiro atoms. The molecule has 0 radical (unpaired) electrons. The zero-order valence-electron chi connectivity index (χ0n) is 12.3. The Morgan fingerprint density at radius 3 is 2.57 bits per heavy atom.